The minimum atomic E-state index is -0.693. The maximum Gasteiger partial charge on any atom is 0.410 e. The fourth-order valence-corrected chi connectivity index (χ4v) is 5.96. The third-order valence-electron chi connectivity index (χ3n) is 7.79. The highest BCUT2D eigenvalue weighted by Gasteiger charge is 2.42. The smallest absolute Gasteiger partial charge is 0.410 e. The molecule has 1 unspecified atom stereocenters. The number of oxazole rings is 1. The first-order valence-electron chi connectivity index (χ1n) is 14.3. The summed E-state index contributed by atoms with van der Waals surface area (Å²) in [6.45, 7) is 6.73. The Labute approximate surface area is 245 Å². The predicted molar refractivity (Wildman–Crippen MR) is 159 cm³/mol. The minimum Gasteiger partial charge on any atom is -0.448 e. The van der Waals surface area contributed by atoms with Gasteiger partial charge in [0.05, 0.1) is 24.4 Å². The highest BCUT2D eigenvalue weighted by Crippen LogP contribution is 2.44. The number of rotatable bonds is 7. The molecule has 4 aromatic rings. The van der Waals surface area contributed by atoms with Crippen molar-refractivity contribution in [3.63, 3.8) is 0 Å². The molecular formula is C34H35N3O5. The molecule has 2 atom stereocenters. The van der Waals surface area contributed by atoms with Crippen LogP contribution in [0.15, 0.2) is 89.8 Å². The molecule has 8 nitrogen and oxygen atoms in total. The van der Waals surface area contributed by atoms with Crippen LogP contribution in [-0.2, 0) is 20.8 Å². The summed E-state index contributed by atoms with van der Waals surface area (Å²) in [5.74, 6) is 0.390. The van der Waals surface area contributed by atoms with Gasteiger partial charge in [0.25, 0.3) is 0 Å². The van der Waals surface area contributed by atoms with Crippen molar-refractivity contribution in [2.24, 2.45) is 0 Å². The van der Waals surface area contributed by atoms with Crippen LogP contribution in [0.3, 0.4) is 0 Å². The number of aromatic nitrogens is 1. The van der Waals surface area contributed by atoms with Crippen LogP contribution >= 0.6 is 0 Å². The molecule has 2 amide bonds. The summed E-state index contributed by atoms with van der Waals surface area (Å²) in [6, 6.07) is 23.5. The van der Waals surface area contributed by atoms with Gasteiger partial charge in [0.2, 0.25) is 5.91 Å². The van der Waals surface area contributed by atoms with Gasteiger partial charge >= 0.3 is 6.09 Å². The lowest BCUT2D eigenvalue weighted by molar-refractivity contribution is -0.125. The maximum atomic E-state index is 13.5. The largest absolute Gasteiger partial charge is 0.448 e. The molecule has 6 rings (SSSR count). The fraction of sp³-hybridized carbons (Fsp3) is 0.324. The normalized spacial score (nSPS) is 18.0. The number of ether oxygens (including phenoxy) is 2. The average molecular weight is 566 g/mol. The number of carbonyl (C=O) groups excluding carboxylic acids is 2. The van der Waals surface area contributed by atoms with Crippen molar-refractivity contribution in [1.29, 1.82) is 0 Å². The Kier molecular flexibility index (Phi) is 7.56. The summed E-state index contributed by atoms with van der Waals surface area (Å²) in [6.07, 6.45) is 2.67. The van der Waals surface area contributed by atoms with E-state index in [9.17, 15) is 9.59 Å². The van der Waals surface area contributed by atoms with Crippen molar-refractivity contribution >= 4 is 12.0 Å². The Morgan fingerprint density at radius 1 is 0.976 bits per heavy atom. The first-order chi connectivity index (χ1) is 20.3. The lowest BCUT2D eigenvalue weighted by Gasteiger charge is -2.25. The van der Waals surface area contributed by atoms with E-state index in [2.05, 4.69) is 34.6 Å². The number of nitrogens with zero attached hydrogens (tertiary/aromatic N) is 2. The zero-order chi connectivity index (χ0) is 29.3. The summed E-state index contributed by atoms with van der Waals surface area (Å²) in [5, 5.41) is 3.01. The molecule has 2 heterocycles. The van der Waals surface area contributed by atoms with Crippen molar-refractivity contribution in [3.05, 3.63) is 102 Å². The second-order valence-corrected chi connectivity index (χ2v) is 11.8. The Morgan fingerprint density at radius 3 is 2.26 bits per heavy atom. The third-order valence-corrected chi connectivity index (χ3v) is 7.79. The highest BCUT2D eigenvalue weighted by molar-refractivity contribution is 5.86. The standard InChI is InChI=1S/C34H35N3O5/c1-34(2,3)42-24-16-30(32(38)36-17-22-12-14-23(15-13-22)31-18-35-21-41-31)37(19-24)33(39)40-20-29-27-10-6-4-8-25(27)26-9-5-7-11-28(26)29/h4-15,18,21,24,29-30H,16-17,19-20H2,1-3H3,(H,36,38)/t24-,30?/m1/s1. The van der Waals surface area contributed by atoms with Crippen LogP contribution in [0.4, 0.5) is 4.79 Å². The van der Waals surface area contributed by atoms with E-state index in [0.717, 1.165) is 22.3 Å². The van der Waals surface area contributed by atoms with Crippen LogP contribution in [-0.4, -0.2) is 52.8 Å². The first kappa shape index (κ1) is 27.7. The molecule has 42 heavy (non-hydrogen) atoms. The molecule has 1 saturated heterocycles. The predicted octanol–water partition coefficient (Wildman–Crippen LogP) is 6.16. The minimum absolute atomic E-state index is 0.0576. The van der Waals surface area contributed by atoms with Gasteiger partial charge in [-0.05, 0) is 48.6 Å². The third kappa shape index (κ3) is 5.81. The molecular weight excluding hydrogens is 530 g/mol. The molecule has 216 valence electrons. The molecule has 0 saturated carbocycles. The molecule has 1 N–H and O–H groups in total. The van der Waals surface area contributed by atoms with Crippen LogP contribution < -0.4 is 5.32 Å². The molecule has 1 fully saturated rings. The van der Waals surface area contributed by atoms with Crippen molar-refractivity contribution in [1.82, 2.24) is 15.2 Å². The topological polar surface area (TPSA) is 93.9 Å². The van der Waals surface area contributed by atoms with E-state index in [4.69, 9.17) is 13.9 Å². The first-order valence-corrected chi connectivity index (χ1v) is 14.3. The van der Waals surface area contributed by atoms with Gasteiger partial charge in [-0.15, -0.1) is 0 Å². The maximum absolute atomic E-state index is 13.5. The van der Waals surface area contributed by atoms with Crippen LogP contribution in [0.1, 0.15) is 49.8 Å². The summed E-state index contributed by atoms with van der Waals surface area (Å²) in [5.41, 5.74) is 6.05. The molecule has 0 bridgehead atoms. The van der Waals surface area contributed by atoms with Gasteiger partial charge in [0, 0.05) is 24.4 Å². The molecule has 3 aromatic carbocycles. The monoisotopic (exact) mass is 565 g/mol. The van der Waals surface area contributed by atoms with Crippen LogP contribution in [0.25, 0.3) is 22.5 Å². The summed E-state index contributed by atoms with van der Waals surface area (Å²) in [4.78, 5) is 32.4. The van der Waals surface area contributed by atoms with Gasteiger partial charge in [-0.25, -0.2) is 9.78 Å². The van der Waals surface area contributed by atoms with Crippen LogP contribution in [0.2, 0.25) is 0 Å². The van der Waals surface area contributed by atoms with Crippen molar-refractivity contribution in [2.45, 2.75) is 57.4 Å². The van der Waals surface area contributed by atoms with E-state index in [1.807, 2.05) is 69.3 Å². The number of benzene rings is 3. The molecule has 0 radical (unpaired) electrons. The van der Waals surface area contributed by atoms with E-state index in [-0.39, 0.29) is 31.1 Å². The van der Waals surface area contributed by atoms with Crippen molar-refractivity contribution in [3.8, 4) is 22.5 Å². The van der Waals surface area contributed by atoms with Crippen LogP contribution in [0.5, 0.6) is 0 Å². The second kappa shape index (κ2) is 11.4. The number of hydrogen-bond acceptors (Lipinski definition) is 6. The number of nitrogens with one attached hydrogen (secondary N) is 1. The summed E-state index contributed by atoms with van der Waals surface area (Å²) < 4.78 is 17.5. The Morgan fingerprint density at radius 2 is 1.64 bits per heavy atom. The van der Waals surface area contributed by atoms with Crippen molar-refractivity contribution in [2.75, 3.05) is 13.2 Å². The Hall–Kier alpha value is -4.43. The van der Waals surface area contributed by atoms with Gasteiger partial charge < -0.3 is 19.2 Å². The number of likely N-dealkylation sites (tertiary alicyclic amines) is 1. The lowest BCUT2D eigenvalue weighted by atomic mass is 9.98. The molecule has 1 aliphatic carbocycles. The van der Waals surface area contributed by atoms with E-state index in [1.54, 1.807) is 6.20 Å². The molecule has 8 heteroatoms. The Bertz CT molecular complexity index is 1510. The van der Waals surface area contributed by atoms with E-state index in [1.165, 1.54) is 22.4 Å². The molecule has 0 spiro atoms. The van der Waals surface area contributed by atoms with Gasteiger partial charge in [-0.2, -0.15) is 0 Å². The molecule has 2 aliphatic rings. The van der Waals surface area contributed by atoms with E-state index >= 15 is 0 Å². The molecule has 1 aromatic heterocycles. The SMILES string of the molecule is CC(C)(C)O[C@@H]1CC(C(=O)NCc2ccc(-c3cnco3)cc2)N(C(=O)OCC2c3ccccc3-c3ccccc32)C1. The van der Waals surface area contributed by atoms with Crippen molar-refractivity contribution < 1.29 is 23.5 Å². The lowest BCUT2D eigenvalue weighted by Crippen LogP contribution is -2.46. The Balaban J connectivity index is 1.13. The zero-order valence-electron chi connectivity index (χ0n) is 24.1. The number of carbonyl (C=O) groups is 2. The zero-order valence-corrected chi connectivity index (χ0v) is 24.1. The quantitative estimate of drug-likeness (QED) is 0.288. The molecule has 1 aliphatic heterocycles. The van der Waals surface area contributed by atoms with Crippen LogP contribution in [0, 0.1) is 0 Å². The average Bonchev–Trinajstić information content (AvgIpc) is 3.73. The van der Waals surface area contributed by atoms with Gasteiger partial charge in [-0.1, -0.05) is 72.8 Å². The second-order valence-electron chi connectivity index (χ2n) is 11.8. The number of hydrogen-bond donors (Lipinski definition) is 1. The summed E-state index contributed by atoms with van der Waals surface area (Å²) >= 11 is 0. The fourth-order valence-electron chi connectivity index (χ4n) is 5.96. The van der Waals surface area contributed by atoms with Gasteiger partial charge in [0.15, 0.2) is 12.2 Å². The van der Waals surface area contributed by atoms with E-state index < -0.39 is 17.7 Å². The highest BCUT2D eigenvalue weighted by atomic mass is 16.6. The summed E-state index contributed by atoms with van der Waals surface area (Å²) in [7, 11) is 0. The number of fused-ring (bicyclic) bond motifs is 3. The van der Waals surface area contributed by atoms with E-state index in [0.29, 0.717) is 18.7 Å². The number of amides is 2. The van der Waals surface area contributed by atoms with Gasteiger partial charge in [-0.3, -0.25) is 9.69 Å². The van der Waals surface area contributed by atoms with Gasteiger partial charge in [0.1, 0.15) is 12.6 Å².